The van der Waals surface area contributed by atoms with E-state index in [1.54, 1.807) is 12.5 Å². The molecule has 8 rings (SSSR count). The number of aromatic amines is 1. The molecule has 6 fully saturated rings. The molecule has 3 heterocycles. The van der Waals surface area contributed by atoms with Crippen LogP contribution in [-0.4, -0.2) is 132 Å². The highest BCUT2D eigenvalue weighted by Gasteiger charge is 2.73. The highest BCUT2D eigenvalue weighted by atomic mass is 16.7. The van der Waals surface area contributed by atoms with E-state index in [0.717, 1.165) is 12.1 Å². The number of aliphatic carboxylic acids is 1. The van der Waals surface area contributed by atoms with Crippen molar-refractivity contribution in [1.82, 2.24) is 15.3 Å². The molecule has 0 aromatic carbocycles. The van der Waals surface area contributed by atoms with Crippen LogP contribution in [0.15, 0.2) is 24.2 Å². The lowest BCUT2D eigenvalue weighted by Gasteiger charge is -2.73. The topological polar surface area (TPSA) is 255 Å². The molecule has 1 amide bonds. The summed E-state index contributed by atoms with van der Waals surface area (Å²) in [4.78, 5) is 34.5. The van der Waals surface area contributed by atoms with Crippen LogP contribution in [0.2, 0.25) is 0 Å². The number of hydrogen-bond acceptors (Lipinski definition) is 12. The number of amides is 1. The number of imidazole rings is 1. The highest BCUT2D eigenvalue weighted by molar-refractivity contribution is 5.82. The first kappa shape index (κ1) is 45.1. The van der Waals surface area contributed by atoms with Crippen LogP contribution in [0.25, 0.3) is 0 Å². The number of nitrogens with zero attached hydrogens (tertiary/aromatic N) is 1. The van der Waals surface area contributed by atoms with E-state index in [-0.39, 0.29) is 73.9 Å². The lowest BCUT2D eigenvalue weighted by atomic mass is 9.31. The normalized spacial score (nSPS) is 50.7. The fourth-order valence-electron chi connectivity index (χ4n) is 15.4. The number of carbonyl (C=O) groups excluding carboxylic acids is 1. The summed E-state index contributed by atoms with van der Waals surface area (Å²) >= 11 is 0. The summed E-state index contributed by atoms with van der Waals surface area (Å²) < 4.78 is 12.4. The lowest BCUT2D eigenvalue weighted by Crippen LogP contribution is -2.72. The molecule has 15 heteroatoms. The molecule has 2 saturated heterocycles. The number of hydrogen-bond donors (Lipinski definition) is 10. The number of allylic oxidation sites excluding steroid dienone is 2. The summed E-state index contributed by atoms with van der Waals surface area (Å²) in [5.74, 6) is -2.89. The summed E-state index contributed by atoms with van der Waals surface area (Å²) in [6.07, 6.45) is 3.42. The summed E-state index contributed by atoms with van der Waals surface area (Å²) in [6, 6.07) is -0.343. The highest BCUT2D eigenvalue weighted by Crippen LogP contribution is 2.77. The third-order valence-corrected chi connectivity index (χ3v) is 19.2. The largest absolute Gasteiger partial charge is 0.481 e. The molecule has 5 aliphatic carbocycles. The van der Waals surface area contributed by atoms with Gasteiger partial charge in [-0.3, -0.25) is 9.59 Å². The van der Waals surface area contributed by atoms with Crippen molar-refractivity contribution in [2.75, 3.05) is 26.4 Å². The van der Waals surface area contributed by atoms with Crippen molar-refractivity contribution in [2.24, 2.45) is 68.0 Å². The summed E-state index contributed by atoms with van der Waals surface area (Å²) in [6.45, 7) is 10.0. The molecule has 1 aromatic heterocycles. The molecule has 0 spiro atoms. The second kappa shape index (κ2) is 15.9. The van der Waals surface area contributed by atoms with Crippen molar-refractivity contribution in [2.45, 2.75) is 148 Å². The number of H-pyrrole nitrogens is 1. The first-order valence-corrected chi connectivity index (χ1v) is 22.8. The zero-order valence-corrected chi connectivity index (χ0v) is 36.5. The maximum Gasteiger partial charge on any atom is 0.310 e. The van der Waals surface area contributed by atoms with Crippen LogP contribution in [0, 0.1) is 68.0 Å². The first-order valence-electron chi connectivity index (χ1n) is 22.8. The van der Waals surface area contributed by atoms with Crippen LogP contribution < -0.4 is 5.32 Å². The third-order valence-electron chi connectivity index (χ3n) is 19.2. The van der Waals surface area contributed by atoms with Crippen molar-refractivity contribution in [3.63, 3.8) is 0 Å². The van der Waals surface area contributed by atoms with Crippen molar-refractivity contribution in [1.29, 1.82) is 0 Å². The quantitative estimate of drug-likeness (QED) is 0.113. The van der Waals surface area contributed by atoms with Gasteiger partial charge in [0, 0.05) is 48.9 Å². The van der Waals surface area contributed by atoms with E-state index < -0.39 is 81.7 Å². The molecule has 7 aliphatic rings. The standard InChI is InChI=1S/C46H71N3O12/c1-41(21-51)11-13-46(40(58)59)14-12-43(3)27(29(46)18-41)6-7-33-44(43,4)10-8-32-42(2,22-52)37(61-39-36(56)35(55)31(53)20-60-39)34(54)28(45(32,33)5)17-26-25(9-15-50)38(57)49-30(26)16-24-19-47-23-48-24/h6,19,23,25-26,28-37,39,50-56H,7-18,20-22H2,1-5H3,(H,47,48)(H,49,57)(H,58,59)/t25-,26-,28+,29-,30+,31+,32+,33-,34+,35-,36+,37+,39-,41-,42-,43+,44+,45-,46-/m0/s1. The number of rotatable bonds is 11. The molecule has 4 saturated carbocycles. The predicted octanol–water partition coefficient (Wildman–Crippen LogP) is 2.31. The fourth-order valence-corrected chi connectivity index (χ4v) is 15.4. The van der Waals surface area contributed by atoms with E-state index in [1.807, 2.05) is 6.92 Å². The van der Waals surface area contributed by atoms with Gasteiger partial charge in [-0.05, 0) is 115 Å². The van der Waals surface area contributed by atoms with Crippen molar-refractivity contribution >= 4 is 11.9 Å². The van der Waals surface area contributed by atoms with Gasteiger partial charge in [0.15, 0.2) is 6.29 Å². The van der Waals surface area contributed by atoms with Crippen LogP contribution in [-0.2, 0) is 25.5 Å². The molecular weight excluding hydrogens is 787 g/mol. The number of carboxylic acid groups (broad SMARTS) is 1. The predicted molar refractivity (Wildman–Crippen MR) is 220 cm³/mol. The van der Waals surface area contributed by atoms with Crippen LogP contribution >= 0.6 is 0 Å². The van der Waals surface area contributed by atoms with E-state index in [2.05, 4.69) is 49.1 Å². The molecule has 0 radical (unpaired) electrons. The number of nitrogens with one attached hydrogen (secondary N) is 2. The number of ether oxygens (including phenoxy) is 2. The van der Waals surface area contributed by atoms with E-state index >= 15 is 0 Å². The second-order valence-corrected chi connectivity index (χ2v) is 21.8. The number of carbonyl (C=O) groups is 2. The Morgan fingerprint density at radius 1 is 0.951 bits per heavy atom. The Morgan fingerprint density at radius 3 is 2.34 bits per heavy atom. The van der Waals surface area contributed by atoms with Crippen molar-refractivity contribution < 1.29 is 59.9 Å². The van der Waals surface area contributed by atoms with Crippen LogP contribution in [0.5, 0.6) is 0 Å². The van der Waals surface area contributed by atoms with Gasteiger partial charge < -0.3 is 60.6 Å². The number of carboxylic acids is 1. The SMILES string of the molecule is C[C@]1(CO)CC[C@]2(C(=O)O)CC[C@]3(C)C(=CC[C@@H]4[C@@]5(C)[C@H](C[C@H]6[C@H](CCO)C(=O)N[C@@H]6Cc6cnc[nH]6)[C@@H](O)[C@@H](O[C@@H]6OC[C@@H](O)[C@H](O)[C@H]6O)[C@@](C)(CO)[C@H]5CC[C@]43C)[C@@H]2C1. The smallest absolute Gasteiger partial charge is 0.310 e. The minimum absolute atomic E-state index is 0.00891. The molecule has 0 bridgehead atoms. The van der Waals surface area contributed by atoms with Gasteiger partial charge in [-0.15, -0.1) is 0 Å². The minimum Gasteiger partial charge on any atom is -0.481 e. The molecule has 2 aliphatic heterocycles. The molecule has 1 aromatic rings. The van der Waals surface area contributed by atoms with E-state index in [9.17, 15) is 50.4 Å². The van der Waals surface area contributed by atoms with Crippen LogP contribution in [0.1, 0.15) is 105 Å². The van der Waals surface area contributed by atoms with Crippen LogP contribution in [0.4, 0.5) is 0 Å². The van der Waals surface area contributed by atoms with Gasteiger partial charge in [0.2, 0.25) is 5.91 Å². The van der Waals surface area contributed by atoms with Crippen LogP contribution in [0.3, 0.4) is 0 Å². The minimum atomic E-state index is -1.62. The molecular formula is C46H71N3O12. The molecule has 0 unspecified atom stereocenters. The zero-order valence-electron chi connectivity index (χ0n) is 36.5. The van der Waals surface area contributed by atoms with E-state index in [0.29, 0.717) is 57.8 Å². The van der Waals surface area contributed by atoms with Gasteiger partial charge >= 0.3 is 5.97 Å². The van der Waals surface area contributed by atoms with Gasteiger partial charge in [0.25, 0.3) is 0 Å². The maximum atomic E-state index is 13.8. The average Bonchev–Trinajstić information content (AvgIpc) is 3.85. The Labute approximate surface area is 358 Å². The summed E-state index contributed by atoms with van der Waals surface area (Å²) in [7, 11) is 0. The fraction of sp³-hybridized carbons (Fsp3) is 0.848. The van der Waals surface area contributed by atoms with Gasteiger partial charge in [0.05, 0.1) is 37.2 Å². The first-order chi connectivity index (χ1) is 28.8. The average molecular weight is 858 g/mol. The molecule has 10 N–H and O–H groups in total. The molecule has 342 valence electrons. The van der Waals surface area contributed by atoms with Gasteiger partial charge in [-0.25, -0.2) is 4.98 Å². The molecule has 61 heavy (non-hydrogen) atoms. The van der Waals surface area contributed by atoms with Crippen molar-refractivity contribution in [3.8, 4) is 0 Å². The summed E-state index contributed by atoms with van der Waals surface area (Å²) in [5, 5.41) is 91.8. The number of aliphatic hydroxyl groups excluding tert-OH is 7. The Balaban J connectivity index is 1.25. The number of fused-ring (bicyclic) bond motifs is 7. The Morgan fingerprint density at radius 2 is 1.69 bits per heavy atom. The zero-order chi connectivity index (χ0) is 44.1. The number of aliphatic hydroxyl groups is 7. The third kappa shape index (κ3) is 6.63. The Hall–Kier alpha value is -2.47. The van der Waals surface area contributed by atoms with Gasteiger partial charge in [-0.1, -0.05) is 46.3 Å². The maximum absolute atomic E-state index is 13.8. The van der Waals surface area contributed by atoms with Gasteiger partial charge in [0.1, 0.15) is 18.3 Å². The second-order valence-electron chi connectivity index (χ2n) is 21.8. The molecule has 19 atom stereocenters. The van der Waals surface area contributed by atoms with E-state index in [1.165, 1.54) is 5.57 Å². The lowest BCUT2D eigenvalue weighted by molar-refractivity contribution is -0.340. The monoisotopic (exact) mass is 858 g/mol. The Kier molecular flexibility index (Phi) is 11.8. The Bertz CT molecular complexity index is 1830. The van der Waals surface area contributed by atoms with Gasteiger partial charge in [-0.2, -0.15) is 0 Å². The number of aromatic nitrogens is 2. The molecule has 15 nitrogen and oxygen atoms in total. The van der Waals surface area contributed by atoms with E-state index in [4.69, 9.17) is 9.47 Å². The van der Waals surface area contributed by atoms with Crippen molar-refractivity contribution in [3.05, 3.63) is 29.9 Å². The summed E-state index contributed by atoms with van der Waals surface area (Å²) in [5.41, 5.74) is -1.85.